The van der Waals surface area contributed by atoms with Gasteiger partial charge in [0, 0.05) is 39.1 Å². The zero-order chi connectivity index (χ0) is 19.0. The van der Waals surface area contributed by atoms with Crippen molar-refractivity contribution in [3.63, 3.8) is 0 Å². The molecular weight excluding hydrogens is 356 g/mol. The Morgan fingerprint density at radius 1 is 1.11 bits per heavy atom. The molecule has 2 saturated heterocycles. The summed E-state index contributed by atoms with van der Waals surface area (Å²) in [5, 5.41) is 0. The summed E-state index contributed by atoms with van der Waals surface area (Å²) in [7, 11) is 2.03. The van der Waals surface area contributed by atoms with E-state index in [4.69, 9.17) is 12.2 Å². The summed E-state index contributed by atoms with van der Waals surface area (Å²) in [5.74, 6) is 1.24. The summed E-state index contributed by atoms with van der Waals surface area (Å²) in [6, 6.07) is 8.38. The Balaban J connectivity index is 1.40. The molecule has 2 fully saturated rings. The third-order valence-corrected chi connectivity index (χ3v) is 6.79. The van der Waals surface area contributed by atoms with Gasteiger partial charge in [-0.3, -0.25) is 9.69 Å². The molecule has 2 aliphatic heterocycles. The van der Waals surface area contributed by atoms with Gasteiger partial charge in [-0.15, -0.1) is 0 Å². The number of piperidine rings is 2. The summed E-state index contributed by atoms with van der Waals surface area (Å²) in [5.41, 5.74) is 2.36. The number of aryl methyl sites for hydroxylation is 1. The lowest BCUT2D eigenvalue weighted by atomic mass is 9.93. The smallest absolute Gasteiger partial charge is 0.225 e. The molecule has 6 heteroatoms. The molecule has 1 amide bonds. The molecule has 0 radical (unpaired) electrons. The fraction of sp³-hybridized carbons (Fsp3) is 0.619. The van der Waals surface area contributed by atoms with Gasteiger partial charge in [0.2, 0.25) is 5.91 Å². The highest BCUT2D eigenvalue weighted by molar-refractivity contribution is 7.71. The van der Waals surface area contributed by atoms with Gasteiger partial charge in [-0.2, -0.15) is 0 Å². The second kappa shape index (κ2) is 7.76. The summed E-state index contributed by atoms with van der Waals surface area (Å²) in [6.07, 6.45) is 4.34. The molecule has 146 valence electrons. The number of hydrogen-bond acceptors (Lipinski definition) is 3. The second-order valence-electron chi connectivity index (χ2n) is 8.32. The Kier molecular flexibility index (Phi) is 5.37. The number of aromatic nitrogens is 2. The maximum absolute atomic E-state index is 12.9. The third-order valence-electron chi connectivity index (χ3n) is 6.30. The lowest BCUT2D eigenvalue weighted by Gasteiger charge is -2.37. The number of carbonyl (C=O) groups is 1. The number of imidazole rings is 1. The van der Waals surface area contributed by atoms with E-state index in [9.17, 15) is 4.79 Å². The highest BCUT2D eigenvalue weighted by atomic mass is 32.1. The van der Waals surface area contributed by atoms with Gasteiger partial charge in [-0.05, 0) is 56.0 Å². The molecule has 27 heavy (non-hydrogen) atoms. The molecule has 0 aliphatic carbocycles. The van der Waals surface area contributed by atoms with Crippen LogP contribution in [0.3, 0.4) is 0 Å². The minimum Gasteiger partial charge on any atom is -0.342 e. The van der Waals surface area contributed by atoms with Gasteiger partial charge < -0.3 is 14.0 Å². The van der Waals surface area contributed by atoms with Crippen molar-refractivity contribution < 1.29 is 4.79 Å². The van der Waals surface area contributed by atoms with E-state index in [1.165, 1.54) is 17.5 Å². The van der Waals surface area contributed by atoms with Gasteiger partial charge in [0.05, 0.1) is 17.7 Å². The van der Waals surface area contributed by atoms with Crippen LogP contribution >= 0.6 is 12.2 Å². The maximum Gasteiger partial charge on any atom is 0.225 e. The molecule has 0 spiro atoms. The lowest BCUT2D eigenvalue weighted by molar-refractivity contribution is -0.139. The van der Waals surface area contributed by atoms with Gasteiger partial charge >= 0.3 is 0 Å². The van der Waals surface area contributed by atoms with Crippen molar-refractivity contribution in [3.05, 3.63) is 29.0 Å². The van der Waals surface area contributed by atoms with Crippen LogP contribution < -0.4 is 0 Å². The number of likely N-dealkylation sites (tertiary alicyclic amines) is 2. The van der Waals surface area contributed by atoms with E-state index in [-0.39, 0.29) is 5.92 Å². The van der Waals surface area contributed by atoms with Crippen molar-refractivity contribution in [1.82, 2.24) is 18.9 Å². The van der Waals surface area contributed by atoms with E-state index in [1.54, 1.807) is 0 Å². The molecule has 0 saturated carbocycles. The molecule has 2 aromatic rings. The molecule has 0 bridgehead atoms. The first-order valence-corrected chi connectivity index (χ1v) is 10.6. The van der Waals surface area contributed by atoms with Gasteiger partial charge in [-0.25, -0.2) is 0 Å². The molecule has 1 aromatic heterocycles. The van der Waals surface area contributed by atoms with Crippen LogP contribution in [-0.4, -0.2) is 51.0 Å². The van der Waals surface area contributed by atoms with E-state index in [1.807, 2.05) is 7.05 Å². The largest absolute Gasteiger partial charge is 0.342 e. The van der Waals surface area contributed by atoms with Crippen molar-refractivity contribution in [2.45, 2.75) is 39.3 Å². The number of hydrogen-bond donors (Lipinski definition) is 0. The van der Waals surface area contributed by atoms with Gasteiger partial charge in [0.25, 0.3) is 0 Å². The monoisotopic (exact) mass is 386 g/mol. The molecule has 1 atom stereocenters. The lowest BCUT2D eigenvalue weighted by Crippen LogP contribution is -2.46. The standard InChI is InChI=1S/C21H30N4OS/c1-16-6-5-11-24(14-16)20(26)17-9-12-23(13-10-17)15-25-19-8-4-3-7-18(19)22(2)21(25)27/h3-4,7-8,16-17H,5-6,9-15H2,1-2H3. The van der Waals surface area contributed by atoms with Crippen LogP contribution in [0, 0.1) is 16.6 Å². The number of benzene rings is 1. The summed E-state index contributed by atoms with van der Waals surface area (Å²) in [4.78, 5) is 17.4. The fourth-order valence-electron chi connectivity index (χ4n) is 4.67. The number of fused-ring (bicyclic) bond motifs is 1. The normalized spacial score (nSPS) is 22.4. The summed E-state index contributed by atoms with van der Waals surface area (Å²) in [6.45, 7) is 6.89. The topological polar surface area (TPSA) is 33.4 Å². The Morgan fingerprint density at radius 3 is 2.52 bits per heavy atom. The predicted molar refractivity (Wildman–Crippen MR) is 111 cm³/mol. The van der Waals surface area contributed by atoms with Crippen LogP contribution in [0.4, 0.5) is 0 Å². The number of rotatable bonds is 3. The first-order valence-electron chi connectivity index (χ1n) is 10.2. The molecule has 1 unspecified atom stereocenters. The zero-order valence-corrected chi connectivity index (χ0v) is 17.2. The van der Waals surface area contributed by atoms with Crippen LogP contribution in [-0.2, 0) is 18.5 Å². The summed E-state index contributed by atoms with van der Waals surface area (Å²) < 4.78 is 5.16. The van der Waals surface area contributed by atoms with E-state index < -0.39 is 0 Å². The number of para-hydroxylation sites is 2. The van der Waals surface area contributed by atoms with Crippen molar-refractivity contribution >= 4 is 29.2 Å². The Hall–Kier alpha value is -1.66. The van der Waals surface area contributed by atoms with Crippen molar-refractivity contribution in [2.24, 2.45) is 18.9 Å². The number of carbonyl (C=O) groups excluding carboxylic acids is 1. The molecule has 0 N–H and O–H groups in total. The Morgan fingerprint density at radius 2 is 1.81 bits per heavy atom. The van der Waals surface area contributed by atoms with E-state index in [0.717, 1.165) is 56.9 Å². The van der Waals surface area contributed by atoms with Crippen molar-refractivity contribution in [3.8, 4) is 0 Å². The number of amides is 1. The van der Waals surface area contributed by atoms with Crippen LogP contribution in [0.1, 0.15) is 32.6 Å². The van der Waals surface area contributed by atoms with E-state index in [2.05, 4.69) is 50.1 Å². The molecule has 2 aliphatic rings. The fourth-order valence-corrected chi connectivity index (χ4v) is 4.92. The molecule has 1 aromatic carbocycles. The van der Waals surface area contributed by atoms with E-state index >= 15 is 0 Å². The van der Waals surface area contributed by atoms with Crippen LogP contribution in [0.25, 0.3) is 11.0 Å². The summed E-state index contributed by atoms with van der Waals surface area (Å²) >= 11 is 5.66. The average Bonchev–Trinajstić information content (AvgIpc) is 2.93. The quantitative estimate of drug-likeness (QED) is 0.755. The van der Waals surface area contributed by atoms with Crippen LogP contribution in [0.5, 0.6) is 0 Å². The molecular formula is C21H30N4OS. The Bertz CT molecular complexity index is 878. The molecule has 4 rings (SSSR count). The minimum absolute atomic E-state index is 0.201. The molecule has 5 nitrogen and oxygen atoms in total. The van der Waals surface area contributed by atoms with Crippen LogP contribution in [0.15, 0.2) is 24.3 Å². The van der Waals surface area contributed by atoms with E-state index in [0.29, 0.717) is 11.8 Å². The first kappa shape index (κ1) is 18.7. The second-order valence-corrected chi connectivity index (χ2v) is 8.69. The van der Waals surface area contributed by atoms with Gasteiger partial charge in [0.15, 0.2) is 4.77 Å². The minimum atomic E-state index is 0.201. The first-order chi connectivity index (χ1) is 13.0. The average molecular weight is 387 g/mol. The molecule has 3 heterocycles. The zero-order valence-electron chi connectivity index (χ0n) is 16.4. The van der Waals surface area contributed by atoms with Crippen molar-refractivity contribution in [1.29, 1.82) is 0 Å². The predicted octanol–water partition coefficient (Wildman–Crippen LogP) is 3.64. The highest BCUT2D eigenvalue weighted by Crippen LogP contribution is 2.25. The maximum atomic E-state index is 12.9. The Labute approximate surface area is 166 Å². The van der Waals surface area contributed by atoms with Crippen molar-refractivity contribution in [2.75, 3.05) is 26.2 Å². The third kappa shape index (κ3) is 3.69. The van der Waals surface area contributed by atoms with Gasteiger partial charge in [0.1, 0.15) is 0 Å². The SMILES string of the molecule is CC1CCCN(C(=O)C2CCN(Cn3c(=S)n(C)c4ccccc43)CC2)C1. The number of nitrogens with zero attached hydrogens (tertiary/aromatic N) is 4. The van der Waals surface area contributed by atoms with Gasteiger partial charge in [-0.1, -0.05) is 19.1 Å². The van der Waals surface area contributed by atoms with Crippen LogP contribution in [0.2, 0.25) is 0 Å². The highest BCUT2D eigenvalue weighted by Gasteiger charge is 2.30.